The first-order valence-electron chi connectivity index (χ1n) is 11.4. The Bertz CT molecular complexity index is 583. The number of carbonyl (C=O) groups excluding carboxylic acids is 4. The fourth-order valence-corrected chi connectivity index (χ4v) is 3.64. The van der Waals surface area contributed by atoms with Gasteiger partial charge in [-0.15, -0.1) is 0 Å². The number of nitrogens with one attached hydrogen (secondary N) is 2. The molecule has 2 aliphatic rings. The van der Waals surface area contributed by atoms with Crippen LogP contribution < -0.4 is 10.6 Å². The number of nitrogens with zero attached hydrogens (tertiary/aromatic N) is 1. The Kier molecular flexibility index (Phi) is 18.3. The molecule has 190 valence electrons. The minimum atomic E-state index is -0.295. The summed E-state index contributed by atoms with van der Waals surface area (Å²) in [6.07, 6.45) is 7.38. The fraction of sp³-hybridized carbons (Fsp3) is 0.739. The van der Waals surface area contributed by atoms with E-state index in [-0.39, 0.29) is 80.2 Å². The van der Waals surface area contributed by atoms with Crippen LogP contribution >= 0.6 is 0 Å². The van der Waals surface area contributed by atoms with Gasteiger partial charge in [-0.1, -0.05) is 12.8 Å². The molecular formula is C23H39FeN3O6. The predicted octanol–water partition coefficient (Wildman–Crippen LogP) is 1.07. The van der Waals surface area contributed by atoms with Crippen LogP contribution in [0.5, 0.6) is 0 Å². The van der Waals surface area contributed by atoms with Gasteiger partial charge in [0.25, 0.3) is 0 Å². The van der Waals surface area contributed by atoms with E-state index in [0.29, 0.717) is 45.3 Å². The summed E-state index contributed by atoms with van der Waals surface area (Å²) in [5.74, 6) is -0.226. The van der Waals surface area contributed by atoms with Crippen molar-refractivity contribution >= 4 is 23.5 Å². The molecule has 1 saturated carbocycles. The SMILES string of the molecule is O=C(CCCC(=O)NCCOCCOCCNCC1[CH-]CCC1)CN1C(=O)CCC1=O.[CH3-].[Fe+2]. The van der Waals surface area contributed by atoms with Crippen molar-refractivity contribution in [3.8, 4) is 0 Å². The Balaban J connectivity index is 0.00000512. The molecule has 10 heteroatoms. The Morgan fingerprint density at radius 3 is 2.30 bits per heavy atom. The van der Waals surface area contributed by atoms with Crippen molar-refractivity contribution in [2.45, 2.75) is 51.4 Å². The second-order valence-corrected chi connectivity index (χ2v) is 7.97. The number of ketones is 1. The number of rotatable bonds is 17. The van der Waals surface area contributed by atoms with Crippen LogP contribution in [0, 0.1) is 19.8 Å². The molecule has 1 heterocycles. The van der Waals surface area contributed by atoms with Gasteiger partial charge in [-0.2, -0.15) is 12.3 Å². The maximum absolute atomic E-state index is 11.9. The molecule has 0 radical (unpaired) electrons. The Labute approximate surface area is 208 Å². The van der Waals surface area contributed by atoms with Gasteiger partial charge in [-0.25, -0.2) is 0 Å². The molecule has 1 aliphatic heterocycles. The predicted molar refractivity (Wildman–Crippen MR) is 120 cm³/mol. The summed E-state index contributed by atoms with van der Waals surface area (Å²) in [5, 5.41) is 6.14. The van der Waals surface area contributed by atoms with E-state index in [2.05, 4.69) is 17.1 Å². The molecule has 9 nitrogen and oxygen atoms in total. The van der Waals surface area contributed by atoms with Gasteiger partial charge in [0.2, 0.25) is 17.7 Å². The minimum absolute atomic E-state index is 0. The zero-order chi connectivity index (χ0) is 22.3. The van der Waals surface area contributed by atoms with Crippen molar-refractivity contribution in [3.05, 3.63) is 13.8 Å². The first-order valence-corrected chi connectivity index (χ1v) is 11.4. The second kappa shape index (κ2) is 19.0. The van der Waals surface area contributed by atoms with E-state index in [1.807, 2.05) is 0 Å². The minimum Gasteiger partial charge on any atom is -0.378 e. The first-order chi connectivity index (χ1) is 15.1. The maximum Gasteiger partial charge on any atom is 2.00 e. The smallest absolute Gasteiger partial charge is 0.378 e. The third kappa shape index (κ3) is 13.9. The summed E-state index contributed by atoms with van der Waals surface area (Å²) in [5.41, 5.74) is 0. The van der Waals surface area contributed by atoms with E-state index in [1.165, 1.54) is 19.3 Å². The van der Waals surface area contributed by atoms with Crippen LogP contribution in [-0.2, 0) is 45.7 Å². The summed E-state index contributed by atoms with van der Waals surface area (Å²) >= 11 is 0. The number of imide groups is 1. The summed E-state index contributed by atoms with van der Waals surface area (Å²) in [4.78, 5) is 47.6. The number of hydrogen-bond acceptors (Lipinski definition) is 7. The van der Waals surface area contributed by atoms with E-state index in [9.17, 15) is 19.2 Å². The van der Waals surface area contributed by atoms with Crippen LogP contribution in [-0.4, -0.2) is 81.0 Å². The van der Waals surface area contributed by atoms with E-state index in [1.54, 1.807) is 0 Å². The number of hydrogen-bond donors (Lipinski definition) is 2. The number of amides is 3. The molecular weight excluding hydrogens is 470 g/mol. The summed E-state index contributed by atoms with van der Waals surface area (Å²) in [6.45, 7) is 4.17. The van der Waals surface area contributed by atoms with Gasteiger partial charge in [0.05, 0.1) is 33.0 Å². The van der Waals surface area contributed by atoms with Crippen molar-refractivity contribution in [1.82, 2.24) is 15.5 Å². The zero-order valence-electron chi connectivity index (χ0n) is 19.7. The number of likely N-dealkylation sites (tertiary alicyclic amines) is 1. The average molecular weight is 509 g/mol. The standard InChI is InChI=1S/C22H36N3O6.CH3.Fe/c26-19(17-25-21(28)8-9-22(25)29)6-3-7-20(27)24-11-13-31-15-14-30-12-10-23-16-18-4-1-2-5-18;;/h4,18,23H,1-3,5-17H2,(H,24,27);1H3;/q2*-1;+2. The van der Waals surface area contributed by atoms with Crippen molar-refractivity contribution < 1.29 is 45.7 Å². The molecule has 0 aromatic rings. The van der Waals surface area contributed by atoms with E-state index in [0.717, 1.165) is 18.0 Å². The second-order valence-electron chi connectivity index (χ2n) is 7.97. The van der Waals surface area contributed by atoms with Gasteiger partial charge >= 0.3 is 17.1 Å². The van der Waals surface area contributed by atoms with Gasteiger partial charge in [-0.3, -0.25) is 24.1 Å². The van der Waals surface area contributed by atoms with Gasteiger partial charge in [0, 0.05) is 38.8 Å². The molecule has 1 atom stereocenters. The third-order valence-corrected chi connectivity index (χ3v) is 5.40. The molecule has 3 amide bonds. The number of Topliss-reactive ketones (excluding diaryl/α,β-unsaturated/α-hetero) is 1. The van der Waals surface area contributed by atoms with E-state index >= 15 is 0 Å². The molecule has 0 spiro atoms. The van der Waals surface area contributed by atoms with Crippen molar-refractivity contribution in [2.24, 2.45) is 5.92 Å². The molecule has 2 rings (SSSR count). The summed E-state index contributed by atoms with van der Waals surface area (Å²) < 4.78 is 10.9. The van der Waals surface area contributed by atoms with Crippen LogP contribution in [0.3, 0.4) is 0 Å². The number of carbonyl (C=O) groups is 4. The molecule has 1 saturated heterocycles. The van der Waals surface area contributed by atoms with Crippen molar-refractivity contribution in [3.63, 3.8) is 0 Å². The molecule has 0 bridgehead atoms. The zero-order valence-corrected chi connectivity index (χ0v) is 20.8. The quantitative estimate of drug-likeness (QED) is 0.131. The summed E-state index contributed by atoms with van der Waals surface area (Å²) in [6, 6.07) is 0. The molecule has 0 aromatic heterocycles. The van der Waals surface area contributed by atoms with Crippen molar-refractivity contribution in [2.75, 3.05) is 52.6 Å². The van der Waals surface area contributed by atoms with Crippen LogP contribution in [0.4, 0.5) is 0 Å². The molecule has 2 fully saturated rings. The largest absolute Gasteiger partial charge is 2.00 e. The molecule has 1 unspecified atom stereocenters. The molecule has 0 aromatic carbocycles. The summed E-state index contributed by atoms with van der Waals surface area (Å²) in [7, 11) is 0. The fourth-order valence-electron chi connectivity index (χ4n) is 3.64. The normalized spacial score (nSPS) is 17.6. The average Bonchev–Trinajstić information content (AvgIpc) is 3.37. The molecule has 33 heavy (non-hydrogen) atoms. The van der Waals surface area contributed by atoms with Gasteiger partial charge in [0.1, 0.15) is 0 Å². The van der Waals surface area contributed by atoms with E-state index < -0.39 is 0 Å². The Morgan fingerprint density at radius 1 is 1.00 bits per heavy atom. The topological polar surface area (TPSA) is 114 Å². The van der Waals surface area contributed by atoms with Crippen LogP contribution in [0.1, 0.15) is 51.4 Å². The number of ether oxygens (including phenoxy) is 2. The van der Waals surface area contributed by atoms with Crippen LogP contribution in [0.15, 0.2) is 0 Å². The first kappa shape index (κ1) is 31.7. The van der Waals surface area contributed by atoms with E-state index in [4.69, 9.17) is 9.47 Å². The Hall–Kier alpha value is -1.32. The van der Waals surface area contributed by atoms with Crippen molar-refractivity contribution in [1.29, 1.82) is 0 Å². The Morgan fingerprint density at radius 2 is 1.67 bits per heavy atom. The molecule has 2 N–H and O–H groups in total. The van der Waals surface area contributed by atoms with Gasteiger partial charge < -0.3 is 34.0 Å². The van der Waals surface area contributed by atoms with Crippen LogP contribution in [0.25, 0.3) is 0 Å². The monoisotopic (exact) mass is 509 g/mol. The van der Waals surface area contributed by atoms with Gasteiger partial charge in [-0.05, 0) is 13.0 Å². The molecule has 1 aliphatic carbocycles. The van der Waals surface area contributed by atoms with Crippen LogP contribution in [0.2, 0.25) is 0 Å². The van der Waals surface area contributed by atoms with Gasteiger partial charge in [0.15, 0.2) is 5.78 Å². The maximum atomic E-state index is 11.9. The third-order valence-electron chi connectivity index (χ3n) is 5.40.